The van der Waals surface area contributed by atoms with Crippen molar-refractivity contribution in [3.05, 3.63) is 28.4 Å². The molecule has 0 amide bonds. The van der Waals surface area contributed by atoms with Crippen LogP contribution in [0.15, 0.2) is 18.3 Å². The van der Waals surface area contributed by atoms with Crippen LogP contribution in [0, 0.1) is 10.1 Å². The SMILES string of the molecule is CN(CC1CCCN1)c1cccnc1[N+](=O)[O-]. The van der Waals surface area contributed by atoms with Crippen LogP contribution in [0.3, 0.4) is 0 Å². The summed E-state index contributed by atoms with van der Waals surface area (Å²) in [5, 5.41) is 14.2. The summed E-state index contributed by atoms with van der Waals surface area (Å²) in [5.74, 6) is -0.0759. The standard InChI is InChI=1S/C11H16N4O2/c1-14(8-9-4-2-6-12-9)10-5-3-7-13-11(10)15(16)17/h3,5,7,9,12H,2,4,6,8H2,1H3. The second kappa shape index (κ2) is 5.09. The largest absolute Gasteiger partial charge is 0.387 e. The van der Waals surface area contributed by atoms with Gasteiger partial charge >= 0.3 is 5.82 Å². The summed E-state index contributed by atoms with van der Waals surface area (Å²) in [6.07, 6.45) is 3.75. The van der Waals surface area contributed by atoms with E-state index in [9.17, 15) is 10.1 Å². The van der Waals surface area contributed by atoms with Gasteiger partial charge in [0, 0.05) is 19.6 Å². The van der Waals surface area contributed by atoms with Crippen LogP contribution in [-0.4, -0.2) is 36.1 Å². The normalized spacial score (nSPS) is 19.2. The maximum Gasteiger partial charge on any atom is 0.387 e. The molecule has 0 aromatic carbocycles. The van der Waals surface area contributed by atoms with Crippen LogP contribution in [0.4, 0.5) is 11.5 Å². The molecule has 0 bridgehead atoms. The highest BCUT2D eigenvalue weighted by Crippen LogP contribution is 2.24. The van der Waals surface area contributed by atoms with Crippen LogP contribution in [0.1, 0.15) is 12.8 Å². The first kappa shape index (κ1) is 11.8. The molecule has 0 aliphatic carbocycles. The zero-order chi connectivity index (χ0) is 12.3. The van der Waals surface area contributed by atoms with Crippen molar-refractivity contribution >= 4 is 11.5 Å². The van der Waals surface area contributed by atoms with Crippen molar-refractivity contribution in [2.24, 2.45) is 0 Å². The minimum absolute atomic E-state index is 0.0759. The lowest BCUT2D eigenvalue weighted by Gasteiger charge is -2.22. The van der Waals surface area contributed by atoms with Gasteiger partial charge in [-0.1, -0.05) is 0 Å². The van der Waals surface area contributed by atoms with Crippen molar-refractivity contribution in [1.82, 2.24) is 10.3 Å². The molecule has 6 heteroatoms. The van der Waals surface area contributed by atoms with Gasteiger partial charge in [-0.05, 0) is 41.4 Å². The molecule has 1 fully saturated rings. The first-order valence-corrected chi connectivity index (χ1v) is 5.72. The zero-order valence-corrected chi connectivity index (χ0v) is 9.80. The molecule has 17 heavy (non-hydrogen) atoms. The number of rotatable bonds is 4. The van der Waals surface area contributed by atoms with Crippen LogP contribution in [0.5, 0.6) is 0 Å². The molecule has 2 rings (SSSR count). The fourth-order valence-corrected chi connectivity index (χ4v) is 2.17. The number of likely N-dealkylation sites (N-methyl/N-ethyl adjacent to an activating group) is 1. The second-order valence-electron chi connectivity index (χ2n) is 4.28. The first-order chi connectivity index (χ1) is 8.18. The van der Waals surface area contributed by atoms with Crippen molar-refractivity contribution < 1.29 is 4.92 Å². The van der Waals surface area contributed by atoms with E-state index in [2.05, 4.69) is 10.3 Å². The Morgan fingerprint density at radius 2 is 2.53 bits per heavy atom. The molecule has 1 aliphatic rings. The van der Waals surface area contributed by atoms with Gasteiger partial charge in [0.15, 0.2) is 0 Å². The summed E-state index contributed by atoms with van der Waals surface area (Å²) in [4.78, 5) is 16.1. The molecule has 1 saturated heterocycles. The number of nitrogens with one attached hydrogen (secondary N) is 1. The molecule has 1 aromatic rings. The number of pyridine rings is 1. The summed E-state index contributed by atoms with van der Waals surface area (Å²) in [6, 6.07) is 3.88. The van der Waals surface area contributed by atoms with E-state index in [0.29, 0.717) is 11.7 Å². The van der Waals surface area contributed by atoms with Gasteiger partial charge in [-0.3, -0.25) is 0 Å². The number of nitro groups is 1. The summed E-state index contributed by atoms with van der Waals surface area (Å²) >= 11 is 0. The third-order valence-electron chi connectivity index (χ3n) is 3.01. The van der Waals surface area contributed by atoms with Gasteiger partial charge in [-0.2, -0.15) is 0 Å². The molecule has 1 aliphatic heterocycles. The predicted molar refractivity (Wildman–Crippen MR) is 65.2 cm³/mol. The average Bonchev–Trinajstić information content (AvgIpc) is 2.81. The molecule has 1 aromatic heterocycles. The van der Waals surface area contributed by atoms with Gasteiger partial charge in [-0.25, -0.2) is 0 Å². The van der Waals surface area contributed by atoms with Crippen LogP contribution in [-0.2, 0) is 0 Å². The van der Waals surface area contributed by atoms with Crippen molar-refractivity contribution in [2.45, 2.75) is 18.9 Å². The number of aromatic nitrogens is 1. The molecule has 1 unspecified atom stereocenters. The highest BCUT2D eigenvalue weighted by atomic mass is 16.6. The van der Waals surface area contributed by atoms with E-state index in [1.54, 1.807) is 12.1 Å². The molecular weight excluding hydrogens is 220 g/mol. The molecule has 92 valence electrons. The number of anilines is 1. The first-order valence-electron chi connectivity index (χ1n) is 5.72. The number of nitrogens with zero attached hydrogens (tertiary/aromatic N) is 3. The van der Waals surface area contributed by atoms with Crippen LogP contribution in [0.25, 0.3) is 0 Å². The Balaban J connectivity index is 2.12. The van der Waals surface area contributed by atoms with E-state index in [-0.39, 0.29) is 5.82 Å². The van der Waals surface area contributed by atoms with Gasteiger partial charge in [0.1, 0.15) is 11.9 Å². The Bertz CT molecular complexity index is 404. The third kappa shape index (κ3) is 2.71. The number of hydrogen-bond acceptors (Lipinski definition) is 5. The Kier molecular flexibility index (Phi) is 3.53. The Morgan fingerprint density at radius 3 is 3.18 bits per heavy atom. The monoisotopic (exact) mass is 236 g/mol. The van der Waals surface area contributed by atoms with E-state index in [1.165, 1.54) is 12.6 Å². The zero-order valence-electron chi connectivity index (χ0n) is 9.80. The Labute approximate surface area is 99.8 Å². The topological polar surface area (TPSA) is 71.3 Å². The molecular formula is C11H16N4O2. The highest BCUT2D eigenvalue weighted by molar-refractivity contribution is 5.58. The molecule has 1 atom stereocenters. The number of hydrogen-bond donors (Lipinski definition) is 1. The van der Waals surface area contributed by atoms with Gasteiger partial charge in [0.2, 0.25) is 0 Å². The smallest absolute Gasteiger partial charge is 0.366 e. The van der Waals surface area contributed by atoms with Crippen LogP contribution >= 0.6 is 0 Å². The maximum absolute atomic E-state index is 10.9. The second-order valence-corrected chi connectivity index (χ2v) is 4.28. The van der Waals surface area contributed by atoms with E-state index >= 15 is 0 Å². The van der Waals surface area contributed by atoms with Gasteiger partial charge < -0.3 is 20.3 Å². The third-order valence-corrected chi connectivity index (χ3v) is 3.01. The molecule has 0 radical (unpaired) electrons. The molecule has 0 saturated carbocycles. The minimum atomic E-state index is -0.437. The molecule has 1 N–H and O–H groups in total. The van der Waals surface area contributed by atoms with E-state index < -0.39 is 4.92 Å². The lowest BCUT2D eigenvalue weighted by Crippen LogP contribution is -2.35. The molecule has 0 spiro atoms. The Morgan fingerprint density at radius 1 is 1.71 bits per heavy atom. The summed E-state index contributed by atoms with van der Waals surface area (Å²) in [7, 11) is 1.87. The Hall–Kier alpha value is -1.69. The van der Waals surface area contributed by atoms with Crippen molar-refractivity contribution in [2.75, 3.05) is 25.0 Å². The average molecular weight is 236 g/mol. The summed E-state index contributed by atoms with van der Waals surface area (Å²) in [5.41, 5.74) is 0.575. The van der Waals surface area contributed by atoms with Crippen molar-refractivity contribution in [3.8, 4) is 0 Å². The van der Waals surface area contributed by atoms with Gasteiger partial charge in [0.05, 0.1) is 0 Å². The maximum atomic E-state index is 10.9. The minimum Gasteiger partial charge on any atom is -0.366 e. The fraction of sp³-hybridized carbons (Fsp3) is 0.545. The fourth-order valence-electron chi connectivity index (χ4n) is 2.17. The summed E-state index contributed by atoms with van der Waals surface area (Å²) < 4.78 is 0. The van der Waals surface area contributed by atoms with Gasteiger partial charge in [0.25, 0.3) is 0 Å². The molecule has 6 nitrogen and oxygen atoms in total. The van der Waals surface area contributed by atoms with E-state index in [4.69, 9.17) is 0 Å². The summed E-state index contributed by atoms with van der Waals surface area (Å²) in [6.45, 7) is 1.81. The highest BCUT2D eigenvalue weighted by Gasteiger charge is 2.21. The van der Waals surface area contributed by atoms with Gasteiger partial charge in [-0.15, -0.1) is 0 Å². The lowest BCUT2D eigenvalue weighted by atomic mass is 10.2. The van der Waals surface area contributed by atoms with E-state index in [0.717, 1.165) is 19.5 Å². The van der Waals surface area contributed by atoms with Crippen molar-refractivity contribution in [3.63, 3.8) is 0 Å². The predicted octanol–water partition coefficient (Wildman–Crippen LogP) is 1.18. The van der Waals surface area contributed by atoms with E-state index in [1.807, 2.05) is 11.9 Å². The van der Waals surface area contributed by atoms with Crippen LogP contribution in [0.2, 0.25) is 0 Å². The molecule has 2 heterocycles. The van der Waals surface area contributed by atoms with Crippen molar-refractivity contribution in [1.29, 1.82) is 0 Å². The lowest BCUT2D eigenvalue weighted by molar-refractivity contribution is -0.388. The van der Waals surface area contributed by atoms with Crippen LogP contribution < -0.4 is 10.2 Å². The quantitative estimate of drug-likeness (QED) is 0.627.